The van der Waals surface area contributed by atoms with Crippen molar-refractivity contribution >= 4 is 21.1 Å². The van der Waals surface area contributed by atoms with Crippen LogP contribution >= 0.6 is 7.59 Å². The molecule has 0 saturated heterocycles. The highest BCUT2D eigenvalue weighted by Gasteiger charge is 2.32. The molecule has 0 aliphatic carbocycles. The minimum atomic E-state index is -3.16. The molecule has 1 heterocycles. The summed E-state index contributed by atoms with van der Waals surface area (Å²) in [7, 11) is -4.64. The Bertz CT molecular complexity index is 417. The largest absolute Gasteiger partial charge is 0.474 e. The molecule has 18 heavy (non-hydrogen) atoms. The van der Waals surface area contributed by atoms with Gasteiger partial charge in [-0.25, -0.2) is 5.09 Å². The predicted molar refractivity (Wildman–Crippen MR) is 78.4 cm³/mol. The molecule has 0 aliphatic heterocycles. The van der Waals surface area contributed by atoms with Gasteiger partial charge in [-0.05, 0) is 6.07 Å². The van der Waals surface area contributed by atoms with Crippen molar-refractivity contribution in [2.45, 2.75) is 45.4 Å². The smallest absolute Gasteiger partial charge is 0.274 e. The third-order valence-electron chi connectivity index (χ3n) is 3.74. The first kappa shape index (κ1) is 15.7. The SMILES string of the molecule is CC[Si](CC)(CC)c1cc(CNP(N)(N)=O)co1. The van der Waals surface area contributed by atoms with E-state index in [2.05, 4.69) is 31.9 Å². The van der Waals surface area contributed by atoms with Crippen LogP contribution in [0, 0.1) is 0 Å². The van der Waals surface area contributed by atoms with Crippen molar-refractivity contribution in [3.8, 4) is 0 Å². The molecular weight excluding hydrogens is 265 g/mol. The van der Waals surface area contributed by atoms with E-state index in [1.54, 1.807) is 6.26 Å². The summed E-state index contributed by atoms with van der Waals surface area (Å²) in [6.45, 7) is 7.07. The van der Waals surface area contributed by atoms with Crippen molar-refractivity contribution < 1.29 is 8.98 Å². The predicted octanol–water partition coefficient (Wildman–Crippen LogP) is 2.11. The van der Waals surface area contributed by atoms with E-state index in [4.69, 9.17) is 15.4 Å². The number of nitrogens with two attached hydrogens (primary N) is 2. The van der Waals surface area contributed by atoms with Gasteiger partial charge in [0.1, 0.15) is 8.07 Å². The molecule has 0 unspecified atom stereocenters. The van der Waals surface area contributed by atoms with Gasteiger partial charge in [-0.2, -0.15) is 0 Å². The highest BCUT2D eigenvalue weighted by molar-refractivity contribution is 7.56. The fourth-order valence-corrected chi connectivity index (χ4v) is 6.01. The molecule has 0 fully saturated rings. The number of nitrogens with one attached hydrogen (secondary N) is 1. The van der Waals surface area contributed by atoms with Crippen LogP contribution < -0.4 is 21.5 Å². The van der Waals surface area contributed by atoms with Crippen molar-refractivity contribution in [1.29, 1.82) is 0 Å². The van der Waals surface area contributed by atoms with E-state index in [0.29, 0.717) is 6.54 Å². The molecule has 5 N–H and O–H groups in total. The van der Waals surface area contributed by atoms with Crippen LogP contribution in [-0.4, -0.2) is 8.07 Å². The van der Waals surface area contributed by atoms with Crippen molar-refractivity contribution in [2.75, 3.05) is 0 Å². The van der Waals surface area contributed by atoms with Crippen LogP contribution in [0.3, 0.4) is 0 Å². The van der Waals surface area contributed by atoms with Crippen molar-refractivity contribution in [3.63, 3.8) is 0 Å². The Labute approximate surface area is 110 Å². The zero-order valence-corrected chi connectivity index (χ0v) is 13.3. The van der Waals surface area contributed by atoms with Crippen LogP contribution in [0.15, 0.2) is 16.7 Å². The third-order valence-corrected chi connectivity index (χ3v) is 9.76. The second kappa shape index (κ2) is 6.17. The summed E-state index contributed by atoms with van der Waals surface area (Å²) in [5.74, 6) is 0. The van der Waals surface area contributed by atoms with Crippen LogP contribution in [0.1, 0.15) is 26.3 Å². The Morgan fingerprint density at radius 1 is 1.28 bits per heavy atom. The van der Waals surface area contributed by atoms with Crippen molar-refractivity contribution in [1.82, 2.24) is 5.09 Å². The van der Waals surface area contributed by atoms with Gasteiger partial charge >= 0.3 is 0 Å². The molecule has 104 valence electrons. The summed E-state index contributed by atoms with van der Waals surface area (Å²) in [6, 6.07) is 5.58. The number of furan rings is 1. The molecular formula is C11H24N3O2PSi. The van der Waals surface area contributed by atoms with Crippen LogP contribution in [0.2, 0.25) is 18.1 Å². The highest BCUT2D eigenvalue weighted by atomic mass is 31.2. The first-order valence-corrected chi connectivity index (χ1v) is 10.8. The molecule has 0 atom stereocenters. The molecule has 1 aromatic heterocycles. The molecule has 5 nitrogen and oxygen atoms in total. The Morgan fingerprint density at radius 3 is 2.28 bits per heavy atom. The van der Waals surface area contributed by atoms with Gasteiger partial charge in [-0.1, -0.05) is 38.9 Å². The normalized spacial score (nSPS) is 12.9. The Kier molecular flexibility index (Phi) is 5.37. The molecule has 0 aliphatic rings. The summed E-state index contributed by atoms with van der Waals surface area (Å²) >= 11 is 0. The maximum atomic E-state index is 11.2. The monoisotopic (exact) mass is 289 g/mol. The molecule has 0 saturated carbocycles. The summed E-state index contributed by atoms with van der Waals surface area (Å²) < 4.78 is 16.9. The molecule has 0 aromatic carbocycles. The fourth-order valence-electron chi connectivity index (χ4n) is 2.23. The number of hydrogen-bond acceptors (Lipinski definition) is 2. The second-order valence-corrected chi connectivity index (χ2v) is 11.6. The van der Waals surface area contributed by atoms with Gasteiger partial charge in [0.25, 0.3) is 7.59 Å². The molecule has 0 bridgehead atoms. The van der Waals surface area contributed by atoms with Gasteiger partial charge in [-0.15, -0.1) is 0 Å². The minimum Gasteiger partial charge on any atom is -0.474 e. The van der Waals surface area contributed by atoms with Gasteiger partial charge in [0.2, 0.25) is 0 Å². The van der Waals surface area contributed by atoms with Gasteiger partial charge in [0.15, 0.2) is 0 Å². The van der Waals surface area contributed by atoms with E-state index in [1.165, 1.54) is 18.1 Å². The first-order chi connectivity index (χ1) is 8.37. The standard InChI is InChI=1S/C11H24N3O2PSi/c1-4-18(5-2,6-3)11-7-10(9-16-11)8-14-17(12,13)15/h7,9H,4-6,8H2,1-3H3,(H5,12,13,14,15). The molecule has 1 rings (SSSR count). The quantitative estimate of drug-likeness (QED) is 0.528. The maximum Gasteiger partial charge on any atom is 0.274 e. The molecule has 7 heteroatoms. The number of rotatable bonds is 7. The molecule has 1 aromatic rings. The molecule has 0 radical (unpaired) electrons. The lowest BCUT2D eigenvalue weighted by molar-refractivity contribution is 0.564. The van der Waals surface area contributed by atoms with Gasteiger partial charge in [0, 0.05) is 12.1 Å². The average molecular weight is 289 g/mol. The maximum absolute atomic E-state index is 11.2. The third kappa shape index (κ3) is 3.80. The lowest BCUT2D eigenvalue weighted by Crippen LogP contribution is -2.44. The Hall–Kier alpha value is -0.393. The summed E-state index contributed by atoms with van der Waals surface area (Å²) in [4.78, 5) is 0. The summed E-state index contributed by atoms with van der Waals surface area (Å²) in [5, 5.41) is 3.74. The van der Waals surface area contributed by atoms with Crippen molar-refractivity contribution in [2.24, 2.45) is 11.0 Å². The zero-order chi connectivity index (χ0) is 13.8. The molecule has 0 spiro atoms. The number of hydrogen-bond donors (Lipinski definition) is 3. The lowest BCUT2D eigenvalue weighted by Gasteiger charge is -2.24. The van der Waals surface area contributed by atoms with Crippen LogP contribution in [-0.2, 0) is 11.1 Å². The van der Waals surface area contributed by atoms with E-state index in [0.717, 1.165) is 10.9 Å². The topological polar surface area (TPSA) is 94.3 Å². The van der Waals surface area contributed by atoms with E-state index in [-0.39, 0.29) is 0 Å². The zero-order valence-electron chi connectivity index (χ0n) is 11.4. The first-order valence-electron chi connectivity index (χ1n) is 6.37. The van der Waals surface area contributed by atoms with Gasteiger partial charge in [-0.3, -0.25) is 15.6 Å². The van der Waals surface area contributed by atoms with E-state index < -0.39 is 15.7 Å². The summed E-state index contributed by atoms with van der Waals surface area (Å²) in [6.07, 6.45) is 1.71. The van der Waals surface area contributed by atoms with Crippen LogP contribution in [0.4, 0.5) is 0 Å². The summed E-state index contributed by atoms with van der Waals surface area (Å²) in [5.41, 5.74) is 11.5. The van der Waals surface area contributed by atoms with Gasteiger partial charge in [0.05, 0.1) is 11.6 Å². The van der Waals surface area contributed by atoms with E-state index in [9.17, 15) is 4.57 Å². The van der Waals surface area contributed by atoms with E-state index in [1.807, 2.05) is 0 Å². The van der Waals surface area contributed by atoms with Crippen LogP contribution in [0.25, 0.3) is 0 Å². The minimum absolute atomic E-state index is 0.384. The Balaban J connectivity index is 2.82. The van der Waals surface area contributed by atoms with Crippen molar-refractivity contribution in [3.05, 3.63) is 17.9 Å². The van der Waals surface area contributed by atoms with E-state index >= 15 is 0 Å². The average Bonchev–Trinajstić information content (AvgIpc) is 2.78. The lowest BCUT2D eigenvalue weighted by atomic mass is 10.3. The molecule has 0 amide bonds. The fraction of sp³-hybridized carbons (Fsp3) is 0.636. The van der Waals surface area contributed by atoms with Gasteiger partial charge < -0.3 is 4.42 Å². The second-order valence-electron chi connectivity index (χ2n) is 4.70. The van der Waals surface area contributed by atoms with Crippen LogP contribution in [0.5, 0.6) is 0 Å². The highest BCUT2D eigenvalue weighted by Crippen LogP contribution is 2.22. The Morgan fingerprint density at radius 2 is 1.83 bits per heavy atom.